The molecule has 0 atom stereocenters. The molecule has 2 aromatic rings. The van der Waals surface area contributed by atoms with Crippen LogP contribution in [0.2, 0.25) is 0 Å². The maximum Gasteiger partial charge on any atom is 0.0346 e. The predicted octanol–water partition coefficient (Wildman–Crippen LogP) is 3.61. The van der Waals surface area contributed by atoms with Crippen molar-refractivity contribution in [2.75, 3.05) is 20.1 Å². The summed E-state index contributed by atoms with van der Waals surface area (Å²) >= 11 is 0. The van der Waals surface area contributed by atoms with Gasteiger partial charge in [0.2, 0.25) is 0 Å². The molecular weight excluding hydrogens is 244 g/mol. The van der Waals surface area contributed by atoms with Crippen molar-refractivity contribution in [1.82, 2.24) is 9.88 Å². The second-order valence-corrected chi connectivity index (χ2v) is 5.39. The van der Waals surface area contributed by atoms with Gasteiger partial charge in [0.25, 0.3) is 0 Å². The van der Waals surface area contributed by atoms with Gasteiger partial charge >= 0.3 is 0 Å². The first kappa shape index (κ1) is 13.1. The number of likely N-dealkylation sites (tertiary alicyclic amines) is 1. The number of nitrogens with zero attached hydrogens (tertiary/aromatic N) is 2. The minimum absolute atomic E-state index is 1.14. The van der Waals surface area contributed by atoms with Gasteiger partial charge < -0.3 is 4.90 Å². The fraction of sp³-hybridized carbons (Fsp3) is 0.278. The first-order valence-corrected chi connectivity index (χ1v) is 7.21. The van der Waals surface area contributed by atoms with Gasteiger partial charge in [-0.2, -0.15) is 0 Å². The number of piperidine rings is 1. The van der Waals surface area contributed by atoms with Gasteiger partial charge in [-0.3, -0.25) is 4.98 Å². The zero-order valence-electron chi connectivity index (χ0n) is 11.9. The van der Waals surface area contributed by atoms with Gasteiger partial charge in [0.15, 0.2) is 0 Å². The van der Waals surface area contributed by atoms with E-state index in [1.54, 1.807) is 5.57 Å². The fourth-order valence-electron chi connectivity index (χ4n) is 2.83. The molecule has 1 aromatic carbocycles. The van der Waals surface area contributed by atoms with E-state index in [-0.39, 0.29) is 0 Å². The molecule has 1 aliphatic rings. The van der Waals surface area contributed by atoms with Gasteiger partial charge in [-0.25, -0.2) is 0 Å². The Bertz CT molecular complexity index is 536. The van der Waals surface area contributed by atoms with E-state index in [4.69, 9.17) is 0 Å². The van der Waals surface area contributed by atoms with Crippen LogP contribution in [0.15, 0.2) is 60.4 Å². The van der Waals surface area contributed by atoms with E-state index < -0.39 is 0 Å². The van der Waals surface area contributed by atoms with Crippen LogP contribution in [0.3, 0.4) is 0 Å². The Balaban J connectivity index is 2.07. The average molecular weight is 264 g/mol. The lowest BCUT2D eigenvalue weighted by Crippen LogP contribution is -2.26. The van der Waals surface area contributed by atoms with Crippen molar-refractivity contribution in [2.45, 2.75) is 12.8 Å². The highest BCUT2D eigenvalue weighted by molar-refractivity contribution is 5.81. The van der Waals surface area contributed by atoms with Gasteiger partial charge in [0, 0.05) is 31.0 Å². The highest BCUT2D eigenvalue weighted by atomic mass is 15.1. The molecule has 3 rings (SSSR count). The third kappa shape index (κ3) is 2.81. The molecule has 0 aliphatic carbocycles. The third-order valence-electron chi connectivity index (χ3n) is 3.96. The highest BCUT2D eigenvalue weighted by Crippen LogP contribution is 2.31. The van der Waals surface area contributed by atoms with Crippen LogP contribution < -0.4 is 0 Å². The number of hydrogen-bond donors (Lipinski definition) is 0. The summed E-state index contributed by atoms with van der Waals surface area (Å²) in [6.45, 7) is 2.29. The first-order chi connectivity index (χ1) is 9.84. The Kier molecular flexibility index (Phi) is 3.93. The fourth-order valence-corrected chi connectivity index (χ4v) is 2.83. The average Bonchev–Trinajstić information content (AvgIpc) is 2.52. The molecule has 0 saturated carbocycles. The van der Waals surface area contributed by atoms with Crippen molar-refractivity contribution < 1.29 is 0 Å². The lowest BCUT2D eigenvalue weighted by atomic mass is 9.89. The minimum Gasteiger partial charge on any atom is -0.306 e. The van der Waals surface area contributed by atoms with Crippen molar-refractivity contribution >= 4 is 5.57 Å². The number of aromatic nitrogens is 1. The monoisotopic (exact) mass is 264 g/mol. The number of benzene rings is 1. The molecule has 2 heterocycles. The van der Waals surface area contributed by atoms with Crippen molar-refractivity contribution in [1.29, 1.82) is 0 Å². The van der Waals surface area contributed by atoms with Crippen molar-refractivity contribution in [3.63, 3.8) is 0 Å². The lowest BCUT2D eigenvalue weighted by Gasteiger charge is -2.26. The molecule has 102 valence electrons. The van der Waals surface area contributed by atoms with Crippen LogP contribution in [0.1, 0.15) is 24.0 Å². The number of rotatable bonds is 2. The summed E-state index contributed by atoms with van der Waals surface area (Å²) in [6.07, 6.45) is 6.12. The summed E-state index contributed by atoms with van der Waals surface area (Å²) in [4.78, 5) is 6.69. The zero-order valence-corrected chi connectivity index (χ0v) is 11.9. The lowest BCUT2D eigenvalue weighted by molar-refractivity contribution is 0.313. The summed E-state index contributed by atoms with van der Waals surface area (Å²) in [5.74, 6) is 0. The van der Waals surface area contributed by atoms with E-state index in [1.807, 2.05) is 18.5 Å². The van der Waals surface area contributed by atoms with Crippen LogP contribution in [-0.2, 0) is 0 Å². The predicted molar refractivity (Wildman–Crippen MR) is 83.4 cm³/mol. The van der Waals surface area contributed by atoms with Gasteiger partial charge in [-0.05, 0) is 37.1 Å². The molecular formula is C18H20N2. The zero-order chi connectivity index (χ0) is 13.8. The second kappa shape index (κ2) is 6.02. The molecule has 1 aliphatic heterocycles. The number of hydrogen-bond acceptors (Lipinski definition) is 2. The Hall–Kier alpha value is -1.93. The Morgan fingerprint density at radius 3 is 2.30 bits per heavy atom. The maximum absolute atomic E-state index is 4.30. The van der Waals surface area contributed by atoms with Crippen LogP contribution in [0.4, 0.5) is 0 Å². The Morgan fingerprint density at radius 2 is 1.65 bits per heavy atom. The van der Waals surface area contributed by atoms with Crippen molar-refractivity contribution in [2.24, 2.45) is 0 Å². The molecule has 2 nitrogen and oxygen atoms in total. The van der Waals surface area contributed by atoms with Crippen LogP contribution in [0.5, 0.6) is 0 Å². The van der Waals surface area contributed by atoms with E-state index in [2.05, 4.69) is 53.3 Å². The normalized spacial score (nSPS) is 16.1. The summed E-state index contributed by atoms with van der Waals surface area (Å²) in [6, 6.07) is 14.9. The molecule has 0 radical (unpaired) electrons. The van der Waals surface area contributed by atoms with E-state index >= 15 is 0 Å². The van der Waals surface area contributed by atoms with Gasteiger partial charge in [0.1, 0.15) is 0 Å². The van der Waals surface area contributed by atoms with E-state index in [9.17, 15) is 0 Å². The highest BCUT2D eigenvalue weighted by Gasteiger charge is 2.16. The van der Waals surface area contributed by atoms with Crippen molar-refractivity contribution in [3.05, 3.63) is 71.6 Å². The first-order valence-electron chi connectivity index (χ1n) is 7.21. The van der Waals surface area contributed by atoms with Crippen LogP contribution in [0, 0.1) is 0 Å². The van der Waals surface area contributed by atoms with E-state index in [0.29, 0.717) is 0 Å². The molecule has 1 saturated heterocycles. The molecule has 2 heteroatoms. The van der Waals surface area contributed by atoms with Gasteiger partial charge in [0.05, 0.1) is 0 Å². The summed E-state index contributed by atoms with van der Waals surface area (Å²) < 4.78 is 0. The van der Waals surface area contributed by atoms with Crippen LogP contribution in [-0.4, -0.2) is 30.0 Å². The standard InChI is InChI=1S/C18H20N2/c1-20-12-9-16(10-13-20)18(15-6-3-2-4-7-15)17-8-5-11-19-14-17/h2-8,11,14H,9-10,12-13H2,1H3. The Labute approximate surface area is 120 Å². The molecule has 20 heavy (non-hydrogen) atoms. The smallest absolute Gasteiger partial charge is 0.0346 e. The molecule has 0 bridgehead atoms. The van der Waals surface area contributed by atoms with Crippen LogP contribution >= 0.6 is 0 Å². The molecule has 1 aromatic heterocycles. The van der Waals surface area contributed by atoms with E-state index in [1.165, 1.54) is 16.7 Å². The summed E-state index contributed by atoms with van der Waals surface area (Å²) in [5, 5.41) is 0. The largest absolute Gasteiger partial charge is 0.306 e. The number of pyridine rings is 1. The van der Waals surface area contributed by atoms with Crippen molar-refractivity contribution in [3.8, 4) is 0 Å². The third-order valence-corrected chi connectivity index (χ3v) is 3.96. The topological polar surface area (TPSA) is 16.1 Å². The maximum atomic E-state index is 4.30. The minimum atomic E-state index is 1.14. The van der Waals surface area contributed by atoms with Gasteiger partial charge in [-0.1, -0.05) is 42.0 Å². The van der Waals surface area contributed by atoms with Crippen LogP contribution in [0.25, 0.3) is 5.57 Å². The summed E-state index contributed by atoms with van der Waals surface area (Å²) in [7, 11) is 2.20. The molecule has 1 fully saturated rings. The second-order valence-electron chi connectivity index (χ2n) is 5.39. The molecule has 0 spiro atoms. The van der Waals surface area contributed by atoms with Gasteiger partial charge in [-0.15, -0.1) is 0 Å². The molecule has 0 N–H and O–H groups in total. The molecule has 0 amide bonds. The van der Waals surface area contributed by atoms with E-state index in [0.717, 1.165) is 25.9 Å². The molecule has 0 unspecified atom stereocenters. The quantitative estimate of drug-likeness (QED) is 0.823. The Morgan fingerprint density at radius 1 is 0.950 bits per heavy atom. The SMILES string of the molecule is CN1CCC(=C(c2ccccc2)c2cccnc2)CC1. The summed E-state index contributed by atoms with van der Waals surface area (Å²) in [5.41, 5.74) is 5.48.